The number of aromatic amines is 1. The smallest absolute Gasteiger partial charge is 0.282 e. The molecule has 0 bridgehead atoms. The normalized spacial score (nSPS) is 11.9. The number of aryl methyl sites for hydroxylation is 2. The van der Waals surface area contributed by atoms with Crippen molar-refractivity contribution in [2.24, 2.45) is 7.05 Å². The number of nitrogens with zero attached hydrogens (tertiary/aromatic N) is 2. The van der Waals surface area contributed by atoms with E-state index >= 15 is 0 Å². The quantitative estimate of drug-likeness (QED) is 0.829. The molecular formula is C11H16N4O3S2. The maximum Gasteiger partial charge on any atom is 0.343 e. The van der Waals surface area contributed by atoms with Crippen LogP contribution in [-0.2, 0) is 23.5 Å². The lowest BCUT2D eigenvalue weighted by Crippen LogP contribution is -2.27. The van der Waals surface area contributed by atoms with Crippen LogP contribution < -0.4 is 10.4 Å². The number of rotatable bonds is 5. The molecule has 0 fully saturated rings. The van der Waals surface area contributed by atoms with E-state index < -0.39 is 10.0 Å². The van der Waals surface area contributed by atoms with Crippen molar-refractivity contribution in [3.63, 3.8) is 0 Å². The molecule has 0 aliphatic heterocycles. The van der Waals surface area contributed by atoms with Crippen LogP contribution in [0.2, 0.25) is 0 Å². The first-order valence-corrected chi connectivity index (χ1v) is 8.28. The Balaban J connectivity index is 2.05. The fourth-order valence-electron chi connectivity index (χ4n) is 1.85. The molecule has 0 saturated carbocycles. The first-order chi connectivity index (χ1) is 9.31. The first kappa shape index (κ1) is 14.9. The number of nitrogens with one attached hydrogen (secondary N) is 2. The van der Waals surface area contributed by atoms with E-state index in [1.807, 2.05) is 6.92 Å². The third kappa shape index (κ3) is 3.00. The van der Waals surface area contributed by atoms with E-state index in [-0.39, 0.29) is 12.2 Å². The van der Waals surface area contributed by atoms with Crippen molar-refractivity contribution in [2.75, 3.05) is 6.54 Å². The molecule has 20 heavy (non-hydrogen) atoms. The Morgan fingerprint density at radius 2 is 2.15 bits per heavy atom. The van der Waals surface area contributed by atoms with Gasteiger partial charge in [-0.2, -0.15) is 5.10 Å². The lowest BCUT2D eigenvalue weighted by atomic mass is 10.4. The van der Waals surface area contributed by atoms with Gasteiger partial charge >= 0.3 is 5.69 Å². The van der Waals surface area contributed by atoms with Gasteiger partial charge in [-0.15, -0.1) is 11.3 Å². The minimum atomic E-state index is -3.51. The maximum absolute atomic E-state index is 12.1. The van der Waals surface area contributed by atoms with Crippen LogP contribution >= 0.6 is 11.3 Å². The Labute approximate surface area is 120 Å². The van der Waals surface area contributed by atoms with E-state index in [4.69, 9.17) is 0 Å². The van der Waals surface area contributed by atoms with Crippen molar-refractivity contribution in [2.45, 2.75) is 25.2 Å². The zero-order valence-corrected chi connectivity index (χ0v) is 13.1. The zero-order chi connectivity index (χ0) is 14.9. The molecule has 0 atom stereocenters. The molecule has 0 spiro atoms. The highest BCUT2D eigenvalue weighted by Gasteiger charge is 2.18. The van der Waals surface area contributed by atoms with Gasteiger partial charge in [0.1, 0.15) is 5.82 Å². The van der Waals surface area contributed by atoms with E-state index in [0.717, 1.165) is 9.75 Å². The van der Waals surface area contributed by atoms with Crippen LogP contribution in [0.25, 0.3) is 0 Å². The molecule has 110 valence electrons. The summed E-state index contributed by atoms with van der Waals surface area (Å²) >= 11 is 1.45. The van der Waals surface area contributed by atoms with Crippen LogP contribution in [-0.4, -0.2) is 29.7 Å². The fraction of sp³-hybridized carbons (Fsp3) is 0.455. The highest BCUT2D eigenvalue weighted by atomic mass is 32.2. The second-order valence-electron chi connectivity index (χ2n) is 4.43. The van der Waals surface area contributed by atoms with Crippen LogP contribution in [0.1, 0.15) is 15.6 Å². The molecule has 9 heteroatoms. The molecule has 0 aromatic carbocycles. The van der Waals surface area contributed by atoms with Crippen LogP contribution in [0.3, 0.4) is 0 Å². The summed E-state index contributed by atoms with van der Waals surface area (Å²) in [6.45, 7) is 3.84. The second kappa shape index (κ2) is 5.51. The highest BCUT2D eigenvalue weighted by molar-refractivity contribution is 7.89. The van der Waals surface area contributed by atoms with Gasteiger partial charge in [0.25, 0.3) is 0 Å². The molecule has 7 nitrogen and oxygen atoms in total. The summed E-state index contributed by atoms with van der Waals surface area (Å²) < 4.78 is 28.2. The van der Waals surface area contributed by atoms with Gasteiger partial charge in [-0.05, 0) is 19.9 Å². The summed E-state index contributed by atoms with van der Waals surface area (Å²) in [4.78, 5) is 13.2. The number of aromatic nitrogens is 3. The number of hydrogen-bond donors (Lipinski definition) is 2. The van der Waals surface area contributed by atoms with Crippen LogP contribution in [0.4, 0.5) is 0 Å². The van der Waals surface area contributed by atoms with Crippen LogP contribution in [0.5, 0.6) is 0 Å². The SMILES string of the molecule is Cc1cc(S(=O)(=O)NCCc2n[nH]c(=O)n2C)c(C)s1. The molecule has 0 saturated heterocycles. The molecule has 2 heterocycles. The Hall–Kier alpha value is -1.45. The van der Waals surface area contributed by atoms with E-state index in [1.165, 1.54) is 15.9 Å². The van der Waals surface area contributed by atoms with Crippen LogP contribution in [0.15, 0.2) is 15.8 Å². The number of thiophene rings is 1. The summed E-state index contributed by atoms with van der Waals surface area (Å²) in [6, 6.07) is 1.66. The van der Waals surface area contributed by atoms with E-state index in [2.05, 4.69) is 14.9 Å². The Morgan fingerprint density at radius 3 is 2.65 bits per heavy atom. The number of H-pyrrole nitrogens is 1. The van der Waals surface area contributed by atoms with Gasteiger partial charge in [-0.3, -0.25) is 4.57 Å². The highest BCUT2D eigenvalue weighted by Crippen LogP contribution is 2.24. The third-order valence-corrected chi connectivity index (χ3v) is 5.58. The predicted octanol–water partition coefficient (Wildman–Crippen LogP) is 0.308. The molecule has 0 unspecified atom stereocenters. The van der Waals surface area contributed by atoms with Crippen molar-refractivity contribution in [3.8, 4) is 0 Å². The predicted molar refractivity (Wildman–Crippen MR) is 76.5 cm³/mol. The largest absolute Gasteiger partial charge is 0.343 e. The van der Waals surface area contributed by atoms with Crippen molar-refractivity contribution in [1.82, 2.24) is 19.5 Å². The summed E-state index contributed by atoms with van der Waals surface area (Å²) in [5, 5.41) is 6.13. The number of hydrogen-bond acceptors (Lipinski definition) is 5. The maximum atomic E-state index is 12.1. The summed E-state index contributed by atoms with van der Waals surface area (Å²) in [5.74, 6) is 0.510. The zero-order valence-electron chi connectivity index (χ0n) is 11.4. The van der Waals surface area contributed by atoms with Gasteiger partial charge < -0.3 is 0 Å². The van der Waals surface area contributed by atoms with Crippen molar-refractivity contribution >= 4 is 21.4 Å². The number of sulfonamides is 1. The van der Waals surface area contributed by atoms with E-state index in [1.54, 1.807) is 20.0 Å². The summed E-state index contributed by atoms with van der Waals surface area (Å²) in [5.41, 5.74) is -0.313. The first-order valence-electron chi connectivity index (χ1n) is 5.98. The lowest BCUT2D eigenvalue weighted by Gasteiger charge is -2.05. The topological polar surface area (TPSA) is 96.8 Å². The molecule has 0 aliphatic rings. The van der Waals surface area contributed by atoms with E-state index in [0.29, 0.717) is 17.1 Å². The monoisotopic (exact) mass is 316 g/mol. The molecule has 0 amide bonds. The Kier molecular flexibility index (Phi) is 4.11. The lowest BCUT2D eigenvalue weighted by molar-refractivity contribution is 0.579. The molecule has 2 rings (SSSR count). The minimum absolute atomic E-state index is 0.189. The average molecular weight is 316 g/mol. The molecule has 2 aromatic rings. The molecule has 0 aliphatic carbocycles. The van der Waals surface area contributed by atoms with Crippen LogP contribution in [0, 0.1) is 13.8 Å². The van der Waals surface area contributed by atoms with Crippen molar-refractivity contribution in [1.29, 1.82) is 0 Å². The van der Waals surface area contributed by atoms with Gasteiger partial charge in [0.05, 0.1) is 4.90 Å². The molecule has 0 radical (unpaired) electrons. The molecule has 2 N–H and O–H groups in total. The minimum Gasteiger partial charge on any atom is -0.282 e. The van der Waals surface area contributed by atoms with E-state index in [9.17, 15) is 13.2 Å². The fourth-order valence-corrected chi connectivity index (χ4v) is 4.44. The molecule has 2 aromatic heterocycles. The summed E-state index contributed by atoms with van der Waals surface area (Å²) in [7, 11) is -1.93. The van der Waals surface area contributed by atoms with Gasteiger partial charge in [-0.25, -0.2) is 23.0 Å². The van der Waals surface area contributed by atoms with Gasteiger partial charge in [0.15, 0.2) is 0 Å². The summed E-state index contributed by atoms with van der Waals surface area (Å²) in [6.07, 6.45) is 0.344. The Bertz CT molecular complexity index is 770. The Morgan fingerprint density at radius 1 is 1.45 bits per heavy atom. The van der Waals surface area contributed by atoms with Crippen molar-refractivity contribution < 1.29 is 8.42 Å². The van der Waals surface area contributed by atoms with Gasteiger partial charge in [-0.1, -0.05) is 0 Å². The van der Waals surface area contributed by atoms with Crippen molar-refractivity contribution in [3.05, 3.63) is 32.1 Å². The average Bonchev–Trinajstić information content (AvgIpc) is 2.86. The standard InChI is InChI=1S/C11H16N4O3S2/c1-7-6-9(8(2)19-7)20(17,18)12-5-4-10-13-14-11(16)15(10)3/h6,12H,4-5H2,1-3H3,(H,14,16). The van der Waals surface area contributed by atoms with Gasteiger partial charge in [0, 0.05) is 29.8 Å². The molecular weight excluding hydrogens is 300 g/mol. The second-order valence-corrected chi connectivity index (χ2v) is 7.63. The third-order valence-electron chi connectivity index (χ3n) is 2.90. The van der Waals surface area contributed by atoms with Gasteiger partial charge in [0.2, 0.25) is 10.0 Å².